The van der Waals surface area contributed by atoms with Gasteiger partial charge in [-0.05, 0) is 12.1 Å². The van der Waals surface area contributed by atoms with Gasteiger partial charge in [0.1, 0.15) is 17.4 Å². The lowest BCUT2D eigenvalue weighted by molar-refractivity contribution is 0.480. The molecule has 3 heterocycles. The highest BCUT2D eigenvalue weighted by Crippen LogP contribution is 2.10. The first-order valence-electron chi connectivity index (χ1n) is 5.57. The second kappa shape index (κ2) is 4.09. The van der Waals surface area contributed by atoms with E-state index in [1.807, 2.05) is 12.1 Å². The summed E-state index contributed by atoms with van der Waals surface area (Å²) in [7, 11) is 0. The molecule has 0 saturated carbocycles. The van der Waals surface area contributed by atoms with Crippen molar-refractivity contribution < 1.29 is 4.42 Å². The van der Waals surface area contributed by atoms with Crippen LogP contribution in [0.5, 0.6) is 0 Å². The number of aromatic nitrogens is 3. The molecule has 0 amide bonds. The van der Waals surface area contributed by atoms with Crippen LogP contribution in [-0.4, -0.2) is 21.3 Å². The van der Waals surface area contributed by atoms with Gasteiger partial charge in [0.25, 0.3) is 0 Å². The Kier molecular flexibility index (Phi) is 2.46. The number of nitrogens with zero attached hydrogens (tertiary/aromatic N) is 3. The maximum absolute atomic E-state index is 5.31. The third-order valence-electron chi connectivity index (χ3n) is 2.87. The lowest BCUT2D eigenvalue weighted by atomic mass is 10.2. The molecule has 2 aromatic heterocycles. The Morgan fingerprint density at radius 1 is 1.38 bits per heavy atom. The van der Waals surface area contributed by atoms with Gasteiger partial charge in [-0.1, -0.05) is 0 Å². The third-order valence-corrected chi connectivity index (χ3v) is 2.87. The fourth-order valence-corrected chi connectivity index (χ4v) is 2.03. The van der Waals surface area contributed by atoms with Gasteiger partial charge in [-0.2, -0.15) is 0 Å². The van der Waals surface area contributed by atoms with Gasteiger partial charge in [-0.15, -0.1) is 10.2 Å². The summed E-state index contributed by atoms with van der Waals surface area (Å²) in [6, 6.07) is 3.91. The molecule has 2 aromatic rings. The van der Waals surface area contributed by atoms with Gasteiger partial charge in [0, 0.05) is 25.9 Å². The highest BCUT2D eigenvalue weighted by Gasteiger charge is 2.15. The number of rotatable bonds is 3. The van der Waals surface area contributed by atoms with E-state index >= 15 is 0 Å². The van der Waals surface area contributed by atoms with E-state index in [-0.39, 0.29) is 0 Å². The number of aryl methyl sites for hydroxylation is 2. The van der Waals surface area contributed by atoms with Gasteiger partial charge >= 0.3 is 0 Å². The van der Waals surface area contributed by atoms with E-state index in [9.17, 15) is 0 Å². The van der Waals surface area contributed by atoms with Crippen molar-refractivity contribution in [1.29, 1.82) is 0 Å². The molecule has 1 N–H and O–H groups in total. The Morgan fingerprint density at radius 3 is 3.25 bits per heavy atom. The summed E-state index contributed by atoms with van der Waals surface area (Å²) < 4.78 is 7.51. The first-order chi connectivity index (χ1) is 7.93. The lowest BCUT2D eigenvalue weighted by Gasteiger charge is -2.15. The van der Waals surface area contributed by atoms with Gasteiger partial charge in [0.2, 0.25) is 0 Å². The Labute approximate surface area is 93.5 Å². The number of hydrogen-bond acceptors (Lipinski definition) is 4. The topological polar surface area (TPSA) is 55.9 Å². The Bertz CT molecular complexity index is 460. The molecular formula is C11H14N4O. The van der Waals surface area contributed by atoms with E-state index in [4.69, 9.17) is 4.42 Å². The molecule has 1 aliphatic heterocycles. The highest BCUT2D eigenvalue weighted by molar-refractivity contribution is 5.03. The average Bonchev–Trinajstić information content (AvgIpc) is 2.96. The molecule has 5 nitrogen and oxygen atoms in total. The molecule has 0 aromatic carbocycles. The van der Waals surface area contributed by atoms with Crippen LogP contribution >= 0.6 is 0 Å². The van der Waals surface area contributed by atoms with Crippen LogP contribution in [0.1, 0.15) is 17.4 Å². The number of nitrogens with one attached hydrogen (secondary N) is 1. The van der Waals surface area contributed by atoms with Crippen molar-refractivity contribution in [3.63, 3.8) is 0 Å². The molecule has 1 aliphatic rings. The molecule has 0 saturated heterocycles. The zero-order valence-corrected chi connectivity index (χ0v) is 9.02. The van der Waals surface area contributed by atoms with Crippen molar-refractivity contribution in [3.05, 3.63) is 35.8 Å². The molecule has 0 bridgehead atoms. The second-order valence-electron chi connectivity index (χ2n) is 3.94. The molecule has 5 heteroatoms. The quantitative estimate of drug-likeness (QED) is 0.826. The van der Waals surface area contributed by atoms with Crippen molar-refractivity contribution >= 4 is 0 Å². The molecule has 0 radical (unpaired) electrons. The lowest BCUT2D eigenvalue weighted by Crippen LogP contribution is -2.29. The molecule has 16 heavy (non-hydrogen) atoms. The van der Waals surface area contributed by atoms with E-state index in [1.165, 1.54) is 0 Å². The predicted molar refractivity (Wildman–Crippen MR) is 57.8 cm³/mol. The van der Waals surface area contributed by atoms with E-state index < -0.39 is 0 Å². The summed E-state index contributed by atoms with van der Waals surface area (Å²) in [4.78, 5) is 0. The molecule has 0 unspecified atom stereocenters. The minimum atomic E-state index is 0.827. The SMILES string of the molecule is c1coc(CCc2nnc3n2CCNC3)c1. The van der Waals surface area contributed by atoms with Crippen molar-refractivity contribution in [3.8, 4) is 0 Å². The third kappa shape index (κ3) is 1.74. The minimum absolute atomic E-state index is 0.827. The van der Waals surface area contributed by atoms with Crippen LogP contribution in [0.15, 0.2) is 22.8 Å². The monoisotopic (exact) mass is 218 g/mol. The van der Waals surface area contributed by atoms with Crippen LogP contribution in [0.3, 0.4) is 0 Å². The van der Waals surface area contributed by atoms with Gasteiger partial charge in [0.15, 0.2) is 0 Å². The van der Waals surface area contributed by atoms with E-state index in [2.05, 4.69) is 20.1 Å². The molecule has 0 aliphatic carbocycles. The summed E-state index contributed by atoms with van der Waals surface area (Å²) in [6.07, 6.45) is 3.48. The molecule has 0 fully saturated rings. The summed E-state index contributed by atoms with van der Waals surface area (Å²) in [5.41, 5.74) is 0. The molecule has 3 rings (SSSR count). The molecule has 0 atom stereocenters. The van der Waals surface area contributed by atoms with E-state index in [0.29, 0.717) is 0 Å². The van der Waals surface area contributed by atoms with Gasteiger partial charge in [-0.25, -0.2) is 0 Å². The highest BCUT2D eigenvalue weighted by atomic mass is 16.3. The number of furan rings is 1. The number of fused-ring (bicyclic) bond motifs is 1. The molecular weight excluding hydrogens is 204 g/mol. The smallest absolute Gasteiger partial charge is 0.147 e. The first kappa shape index (κ1) is 9.59. The molecule has 0 spiro atoms. The standard InChI is InChI=1S/C11H14N4O/c1-2-9(16-7-1)3-4-10-13-14-11-8-12-5-6-15(10)11/h1-2,7,12H,3-6,8H2. The van der Waals surface area contributed by atoms with Crippen LogP contribution in [0.2, 0.25) is 0 Å². The minimum Gasteiger partial charge on any atom is -0.469 e. The van der Waals surface area contributed by atoms with Crippen molar-refractivity contribution in [2.24, 2.45) is 0 Å². The Morgan fingerprint density at radius 2 is 2.38 bits per heavy atom. The number of hydrogen-bond donors (Lipinski definition) is 1. The van der Waals surface area contributed by atoms with Gasteiger partial charge < -0.3 is 14.3 Å². The van der Waals surface area contributed by atoms with E-state index in [1.54, 1.807) is 6.26 Å². The van der Waals surface area contributed by atoms with Crippen molar-refractivity contribution in [2.45, 2.75) is 25.9 Å². The summed E-state index contributed by atoms with van der Waals surface area (Å²) in [6.45, 7) is 2.79. The fourth-order valence-electron chi connectivity index (χ4n) is 2.03. The normalized spacial score (nSPS) is 15.0. The van der Waals surface area contributed by atoms with Gasteiger partial charge in [-0.3, -0.25) is 0 Å². The maximum Gasteiger partial charge on any atom is 0.147 e. The van der Waals surface area contributed by atoms with Crippen LogP contribution in [-0.2, 0) is 25.9 Å². The summed E-state index contributed by atoms with van der Waals surface area (Å²) in [5.74, 6) is 3.11. The van der Waals surface area contributed by atoms with Crippen molar-refractivity contribution in [1.82, 2.24) is 20.1 Å². The molecule has 84 valence electrons. The van der Waals surface area contributed by atoms with Crippen LogP contribution in [0.25, 0.3) is 0 Å². The zero-order valence-electron chi connectivity index (χ0n) is 9.02. The Balaban J connectivity index is 1.72. The predicted octanol–water partition coefficient (Wildman–Crippen LogP) is 0.759. The first-order valence-corrected chi connectivity index (χ1v) is 5.57. The summed E-state index contributed by atoms with van der Waals surface area (Å²) in [5, 5.41) is 11.7. The largest absolute Gasteiger partial charge is 0.469 e. The van der Waals surface area contributed by atoms with Crippen LogP contribution < -0.4 is 5.32 Å². The zero-order chi connectivity index (χ0) is 10.8. The Hall–Kier alpha value is -1.62. The van der Waals surface area contributed by atoms with E-state index in [0.717, 1.165) is 49.9 Å². The maximum atomic E-state index is 5.31. The second-order valence-corrected chi connectivity index (χ2v) is 3.94. The van der Waals surface area contributed by atoms with Crippen LogP contribution in [0, 0.1) is 0 Å². The van der Waals surface area contributed by atoms with Gasteiger partial charge in [0.05, 0.1) is 12.8 Å². The fraction of sp³-hybridized carbons (Fsp3) is 0.455. The van der Waals surface area contributed by atoms with Crippen LogP contribution in [0.4, 0.5) is 0 Å². The van der Waals surface area contributed by atoms with Crippen molar-refractivity contribution in [2.75, 3.05) is 6.54 Å². The average molecular weight is 218 g/mol. The summed E-state index contributed by atoms with van der Waals surface area (Å²) >= 11 is 0.